The van der Waals surface area contributed by atoms with Gasteiger partial charge in [0.15, 0.2) is 11.9 Å². The van der Waals surface area contributed by atoms with E-state index in [0.29, 0.717) is 5.92 Å². The first-order chi connectivity index (χ1) is 16.5. The van der Waals surface area contributed by atoms with Gasteiger partial charge in [-0.3, -0.25) is 0 Å². The van der Waals surface area contributed by atoms with Gasteiger partial charge in [-0.15, -0.1) is 0 Å². The molecule has 34 heavy (non-hydrogen) atoms. The molecule has 0 N–H and O–H groups in total. The van der Waals surface area contributed by atoms with Crippen LogP contribution in [0.5, 0.6) is 5.75 Å². The summed E-state index contributed by atoms with van der Waals surface area (Å²) in [5.74, 6) is 1.36. The summed E-state index contributed by atoms with van der Waals surface area (Å²) in [4.78, 5) is 0. The van der Waals surface area contributed by atoms with E-state index >= 15 is 0 Å². The molecule has 3 heteroatoms. The first kappa shape index (κ1) is 19.6. The summed E-state index contributed by atoms with van der Waals surface area (Å²) in [6.45, 7) is 6.86. The second-order valence-corrected chi connectivity index (χ2v) is 9.86. The number of pyridine rings is 2. The Bertz CT molecular complexity index is 1940. The third kappa shape index (κ3) is 2.20. The van der Waals surface area contributed by atoms with E-state index in [1.165, 1.54) is 60.0 Å². The van der Waals surface area contributed by atoms with E-state index in [2.05, 4.69) is 104 Å². The lowest BCUT2D eigenvalue weighted by Crippen LogP contribution is -2.29. The van der Waals surface area contributed by atoms with E-state index in [9.17, 15) is 0 Å². The second kappa shape index (κ2) is 6.60. The molecule has 0 radical (unpaired) electrons. The van der Waals surface area contributed by atoms with Crippen molar-refractivity contribution in [3.63, 3.8) is 0 Å². The lowest BCUT2D eigenvalue weighted by molar-refractivity contribution is -0.643. The van der Waals surface area contributed by atoms with Crippen LogP contribution in [0.15, 0.2) is 66.9 Å². The van der Waals surface area contributed by atoms with Crippen LogP contribution in [0.25, 0.3) is 59.8 Å². The van der Waals surface area contributed by atoms with Crippen LogP contribution in [0.2, 0.25) is 0 Å². The number of fused-ring (bicyclic) bond motifs is 7. The van der Waals surface area contributed by atoms with Crippen molar-refractivity contribution >= 4 is 59.8 Å². The molecule has 0 spiro atoms. The Morgan fingerprint density at radius 1 is 0.824 bits per heavy atom. The van der Waals surface area contributed by atoms with Crippen molar-refractivity contribution in [3.8, 4) is 5.75 Å². The highest BCUT2D eigenvalue weighted by Gasteiger charge is 2.29. The maximum atomic E-state index is 6.23. The van der Waals surface area contributed by atoms with Gasteiger partial charge in [0.05, 0.1) is 28.9 Å². The van der Waals surface area contributed by atoms with Gasteiger partial charge in [0.25, 0.3) is 0 Å². The number of rotatable bonds is 2. The van der Waals surface area contributed by atoms with Crippen molar-refractivity contribution in [1.29, 1.82) is 0 Å². The zero-order chi connectivity index (χ0) is 23.3. The molecule has 3 nitrogen and oxygen atoms in total. The van der Waals surface area contributed by atoms with E-state index < -0.39 is 0 Å². The Morgan fingerprint density at radius 2 is 1.53 bits per heavy atom. The lowest BCUT2D eigenvalue weighted by Gasteiger charge is -2.19. The number of ether oxygens (including phenoxy) is 1. The zero-order valence-corrected chi connectivity index (χ0v) is 20.2. The average molecular weight is 444 g/mol. The van der Waals surface area contributed by atoms with Crippen LogP contribution in [0.1, 0.15) is 30.9 Å². The van der Waals surface area contributed by atoms with Gasteiger partial charge in [-0.25, -0.2) is 4.57 Å². The maximum absolute atomic E-state index is 6.23. The minimum Gasteiger partial charge on any atom is -0.494 e. The molecular formula is C31H27N2O+. The van der Waals surface area contributed by atoms with Gasteiger partial charge in [0.2, 0.25) is 5.52 Å². The smallest absolute Gasteiger partial charge is 0.224 e. The van der Waals surface area contributed by atoms with E-state index in [1.54, 1.807) is 7.11 Å². The Balaban J connectivity index is 2.00. The summed E-state index contributed by atoms with van der Waals surface area (Å²) in [6, 6.07) is 22.2. The third-order valence-corrected chi connectivity index (χ3v) is 7.76. The molecule has 3 aromatic heterocycles. The molecule has 0 aliphatic heterocycles. The molecular weight excluding hydrogens is 416 g/mol. The standard InChI is InChI=1S/C31H27N2O/c1-17(2)23-16-19-14-15-32(4)28-25-18(3)20-10-6-7-11-21(20)31(34-5)30(25)33-24-13-9-8-12-22(24)27(23)29(33)26(19)28/h6-17H,1-5H3/q+1. The minimum atomic E-state index is 0.419. The van der Waals surface area contributed by atoms with Gasteiger partial charge in [0, 0.05) is 22.2 Å². The zero-order valence-electron chi connectivity index (χ0n) is 20.2. The number of nitrogens with zero attached hydrogens (tertiary/aromatic N) is 2. The third-order valence-electron chi connectivity index (χ3n) is 7.76. The van der Waals surface area contributed by atoms with Gasteiger partial charge in [-0.2, -0.15) is 0 Å². The van der Waals surface area contributed by atoms with Crippen LogP contribution in [-0.2, 0) is 7.05 Å². The van der Waals surface area contributed by atoms with Crippen LogP contribution in [0.3, 0.4) is 0 Å². The molecule has 0 aliphatic carbocycles. The lowest BCUT2D eigenvalue weighted by atomic mass is 9.91. The van der Waals surface area contributed by atoms with Gasteiger partial charge < -0.3 is 9.14 Å². The molecule has 4 aromatic carbocycles. The highest BCUT2D eigenvalue weighted by molar-refractivity contribution is 6.30. The molecule has 0 saturated carbocycles. The number of aromatic nitrogens is 2. The number of methoxy groups -OCH3 is 1. The minimum absolute atomic E-state index is 0.419. The molecule has 0 amide bonds. The number of benzene rings is 4. The Morgan fingerprint density at radius 3 is 2.26 bits per heavy atom. The topological polar surface area (TPSA) is 17.5 Å². The molecule has 3 heterocycles. The second-order valence-electron chi connectivity index (χ2n) is 9.86. The van der Waals surface area contributed by atoms with Gasteiger partial charge in [-0.1, -0.05) is 56.3 Å². The molecule has 0 unspecified atom stereocenters. The summed E-state index contributed by atoms with van der Waals surface area (Å²) in [5.41, 5.74) is 7.65. The van der Waals surface area contributed by atoms with E-state index in [0.717, 1.165) is 16.7 Å². The fourth-order valence-electron chi connectivity index (χ4n) is 6.30. The molecule has 166 valence electrons. The Hall–Kier alpha value is -3.85. The van der Waals surface area contributed by atoms with Crippen LogP contribution >= 0.6 is 0 Å². The van der Waals surface area contributed by atoms with E-state index in [-0.39, 0.29) is 0 Å². The maximum Gasteiger partial charge on any atom is 0.224 e. The van der Waals surface area contributed by atoms with Crippen LogP contribution < -0.4 is 9.30 Å². The number of aryl methyl sites for hydroxylation is 2. The van der Waals surface area contributed by atoms with Gasteiger partial charge in [-0.05, 0) is 46.9 Å². The highest BCUT2D eigenvalue weighted by Crippen LogP contribution is 2.48. The summed E-state index contributed by atoms with van der Waals surface area (Å²) in [6.07, 6.45) is 2.21. The van der Waals surface area contributed by atoms with Crippen LogP contribution in [0.4, 0.5) is 0 Å². The monoisotopic (exact) mass is 443 g/mol. The molecule has 0 atom stereocenters. The quantitative estimate of drug-likeness (QED) is 0.154. The normalized spacial score (nSPS) is 12.5. The number of hydrogen-bond acceptors (Lipinski definition) is 1. The highest BCUT2D eigenvalue weighted by atomic mass is 16.5. The predicted molar refractivity (Wildman–Crippen MR) is 143 cm³/mol. The fourth-order valence-corrected chi connectivity index (χ4v) is 6.30. The molecule has 0 fully saturated rings. The Labute approximate surface area is 198 Å². The molecule has 0 aliphatic rings. The Kier molecular flexibility index (Phi) is 3.81. The summed E-state index contributed by atoms with van der Waals surface area (Å²) >= 11 is 0. The molecule has 0 bridgehead atoms. The number of hydrogen-bond donors (Lipinski definition) is 0. The fraction of sp³-hybridized carbons (Fsp3) is 0.194. The summed E-state index contributed by atoms with van der Waals surface area (Å²) in [7, 11) is 3.97. The summed E-state index contributed by atoms with van der Waals surface area (Å²) in [5, 5.41) is 8.95. The summed E-state index contributed by atoms with van der Waals surface area (Å²) < 4.78 is 11.0. The van der Waals surface area contributed by atoms with Crippen molar-refractivity contribution in [3.05, 3.63) is 78.0 Å². The predicted octanol–water partition coefficient (Wildman–Crippen LogP) is 7.41. The van der Waals surface area contributed by atoms with Crippen molar-refractivity contribution in [2.45, 2.75) is 26.7 Å². The first-order valence-electron chi connectivity index (χ1n) is 12.0. The van der Waals surface area contributed by atoms with Crippen molar-refractivity contribution < 1.29 is 9.30 Å². The number of para-hydroxylation sites is 1. The molecule has 0 saturated heterocycles. The molecule has 7 aromatic rings. The van der Waals surface area contributed by atoms with Crippen LogP contribution in [-0.4, -0.2) is 11.5 Å². The SMILES string of the molecule is COc1c2ccccc2c(C)c2c1n1c3ccccc3c3c(C(C)C)cc4cc[n+](C)c2c4c31. The van der Waals surface area contributed by atoms with Crippen LogP contribution in [0, 0.1) is 6.92 Å². The molecule has 7 rings (SSSR count). The van der Waals surface area contributed by atoms with Crippen molar-refractivity contribution in [2.24, 2.45) is 7.05 Å². The van der Waals surface area contributed by atoms with E-state index in [4.69, 9.17) is 4.74 Å². The van der Waals surface area contributed by atoms with Crippen molar-refractivity contribution in [1.82, 2.24) is 4.40 Å². The van der Waals surface area contributed by atoms with Crippen molar-refractivity contribution in [2.75, 3.05) is 7.11 Å². The average Bonchev–Trinajstić information content (AvgIpc) is 3.20. The van der Waals surface area contributed by atoms with E-state index in [1.807, 2.05) is 0 Å². The first-order valence-corrected chi connectivity index (χ1v) is 12.0. The van der Waals surface area contributed by atoms with Gasteiger partial charge >= 0.3 is 0 Å². The largest absolute Gasteiger partial charge is 0.494 e. The van der Waals surface area contributed by atoms with Gasteiger partial charge in [0.1, 0.15) is 12.6 Å².